The molecule has 2 atom stereocenters. The van der Waals surface area contributed by atoms with E-state index in [4.69, 9.17) is 5.11 Å². The zero-order valence-corrected chi connectivity index (χ0v) is 15.5. The molecule has 3 N–H and O–H groups in total. The monoisotopic (exact) mass is 376 g/mol. The summed E-state index contributed by atoms with van der Waals surface area (Å²) in [6.07, 6.45) is -0.0851. The number of ether oxygens (including phenoxy) is 1. The van der Waals surface area contributed by atoms with Crippen LogP contribution in [-0.2, 0) is 13.8 Å². The zero-order valence-electron chi connectivity index (χ0n) is 14.8. The van der Waals surface area contributed by atoms with Gasteiger partial charge in [-0.2, -0.15) is 0 Å². The van der Waals surface area contributed by atoms with Crippen LogP contribution in [0.5, 0.6) is 11.5 Å². The first-order valence-corrected chi connectivity index (χ1v) is 7.51. The van der Waals surface area contributed by atoms with Crippen molar-refractivity contribution in [3.63, 3.8) is 0 Å². The van der Waals surface area contributed by atoms with Gasteiger partial charge in [0, 0.05) is 12.5 Å². The summed E-state index contributed by atoms with van der Waals surface area (Å²) in [7, 11) is 2.57. The van der Waals surface area contributed by atoms with Crippen LogP contribution in [0.3, 0.4) is 0 Å². The van der Waals surface area contributed by atoms with E-state index in [0.717, 1.165) is 6.07 Å². The third-order valence-electron chi connectivity index (χ3n) is 3.36. The highest BCUT2D eigenvalue weighted by Crippen LogP contribution is 2.36. The molecule has 1 aromatic carbocycles. The Hall–Kier alpha value is -2.25. The van der Waals surface area contributed by atoms with Crippen LogP contribution in [0.25, 0.3) is 0 Å². The van der Waals surface area contributed by atoms with E-state index in [2.05, 4.69) is 34.1 Å². The topological polar surface area (TPSA) is 113 Å². The maximum absolute atomic E-state index is 11.7. The molecule has 0 fully saturated rings. The van der Waals surface area contributed by atoms with E-state index in [1.54, 1.807) is 13.8 Å². The van der Waals surface area contributed by atoms with Crippen molar-refractivity contribution in [2.75, 3.05) is 14.2 Å². The third kappa shape index (κ3) is 8.42. The fraction of sp³-hybridized carbons (Fsp3) is 0.412. The van der Waals surface area contributed by atoms with Crippen molar-refractivity contribution in [3.8, 4) is 11.5 Å². The molecule has 0 aromatic heterocycles. The number of rotatable bonds is 5. The molecule has 0 heterocycles. The SMILES string of the molecule is C=C.COC(=O)c1c(O)cc(O)cc1C(C)C(C)CC(=O)O.COCl. The van der Waals surface area contributed by atoms with Gasteiger partial charge in [-0.15, -0.1) is 13.2 Å². The number of aromatic hydroxyl groups is 2. The average Bonchev–Trinajstić information content (AvgIpc) is 2.54. The Morgan fingerprint density at radius 2 is 1.68 bits per heavy atom. The summed E-state index contributed by atoms with van der Waals surface area (Å²) in [5, 5.41) is 28.2. The molecule has 0 aliphatic heterocycles. The molecule has 0 saturated heterocycles. The molecule has 7 nitrogen and oxygen atoms in total. The number of esters is 1. The first-order valence-electron chi connectivity index (χ1n) is 7.20. The normalized spacial score (nSPS) is 11.7. The number of carboxylic acids is 1. The smallest absolute Gasteiger partial charge is 0.341 e. The summed E-state index contributed by atoms with van der Waals surface area (Å²) >= 11 is 4.50. The van der Waals surface area contributed by atoms with Gasteiger partial charge < -0.3 is 20.1 Å². The van der Waals surface area contributed by atoms with Crippen molar-refractivity contribution >= 4 is 23.8 Å². The number of carbonyl (C=O) groups excluding carboxylic acids is 1. The van der Waals surface area contributed by atoms with Gasteiger partial charge in [0.05, 0.1) is 26.1 Å². The molecule has 0 saturated carbocycles. The van der Waals surface area contributed by atoms with Crippen molar-refractivity contribution in [1.29, 1.82) is 0 Å². The molecule has 0 bridgehead atoms. The second-order valence-corrected chi connectivity index (χ2v) is 5.25. The van der Waals surface area contributed by atoms with Crippen LogP contribution in [0.2, 0.25) is 0 Å². The van der Waals surface area contributed by atoms with E-state index < -0.39 is 11.9 Å². The van der Waals surface area contributed by atoms with Crippen molar-refractivity contribution in [1.82, 2.24) is 0 Å². The Morgan fingerprint density at radius 1 is 1.20 bits per heavy atom. The average molecular weight is 377 g/mol. The lowest BCUT2D eigenvalue weighted by Crippen LogP contribution is -2.15. The number of carbonyl (C=O) groups is 2. The highest BCUT2D eigenvalue weighted by molar-refractivity contribution is 6.07. The van der Waals surface area contributed by atoms with Gasteiger partial charge in [-0.25, -0.2) is 4.79 Å². The van der Waals surface area contributed by atoms with Gasteiger partial charge in [-0.1, -0.05) is 13.8 Å². The van der Waals surface area contributed by atoms with E-state index in [0.29, 0.717) is 5.56 Å². The van der Waals surface area contributed by atoms with Crippen molar-refractivity contribution in [2.24, 2.45) is 5.92 Å². The molecule has 25 heavy (non-hydrogen) atoms. The van der Waals surface area contributed by atoms with Gasteiger partial charge >= 0.3 is 11.9 Å². The van der Waals surface area contributed by atoms with Crippen LogP contribution in [0, 0.1) is 5.92 Å². The van der Waals surface area contributed by atoms with E-state index in [1.165, 1.54) is 20.3 Å². The number of methoxy groups -OCH3 is 1. The van der Waals surface area contributed by atoms with E-state index in [1.807, 2.05) is 0 Å². The van der Waals surface area contributed by atoms with Crippen LogP contribution in [0.1, 0.15) is 42.1 Å². The fourth-order valence-corrected chi connectivity index (χ4v) is 2.08. The summed E-state index contributed by atoms with van der Waals surface area (Å²) in [4.78, 5) is 22.5. The third-order valence-corrected chi connectivity index (χ3v) is 3.36. The van der Waals surface area contributed by atoms with Crippen molar-refractivity contribution < 1.29 is 33.9 Å². The predicted octanol–water partition coefficient (Wildman–Crippen LogP) is 3.69. The van der Waals surface area contributed by atoms with Crippen LogP contribution in [0.4, 0.5) is 0 Å². The number of aliphatic carboxylic acids is 1. The molecule has 0 radical (unpaired) electrons. The lowest BCUT2D eigenvalue weighted by Gasteiger charge is -2.21. The highest BCUT2D eigenvalue weighted by atomic mass is 35.5. The molecule has 0 spiro atoms. The van der Waals surface area contributed by atoms with Crippen LogP contribution in [-0.4, -0.2) is 41.5 Å². The molecule has 2 unspecified atom stereocenters. The minimum absolute atomic E-state index is 0.0463. The number of carboxylic acid groups (broad SMARTS) is 1. The highest BCUT2D eigenvalue weighted by Gasteiger charge is 2.26. The fourth-order valence-electron chi connectivity index (χ4n) is 2.08. The van der Waals surface area contributed by atoms with Crippen molar-refractivity contribution in [3.05, 3.63) is 36.4 Å². The van der Waals surface area contributed by atoms with Gasteiger partial charge in [0.15, 0.2) is 0 Å². The van der Waals surface area contributed by atoms with E-state index in [9.17, 15) is 19.8 Å². The summed E-state index contributed by atoms with van der Waals surface area (Å²) in [6.45, 7) is 9.45. The van der Waals surface area contributed by atoms with Crippen LogP contribution in [0.15, 0.2) is 25.3 Å². The molecular formula is C17H25ClO7. The molecule has 8 heteroatoms. The van der Waals surface area contributed by atoms with E-state index >= 15 is 0 Å². The molecular weight excluding hydrogens is 352 g/mol. The Kier molecular flexibility index (Phi) is 13.1. The summed E-state index contributed by atoms with van der Waals surface area (Å²) in [5.74, 6) is -2.89. The summed E-state index contributed by atoms with van der Waals surface area (Å²) < 4.78 is 8.33. The largest absolute Gasteiger partial charge is 0.508 e. The number of phenolic OH excluding ortho intramolecular Hbond substituents is 2. The minimum atomic E-state index is -0.951. The molecule has 0 aliphatic carbocycles. The summed E-state index contributed by atoms with van der Waals surface area (Å²) in [6, 6.07) is 2.39. The Bertz CT molecular complexity index is 560. The van der Waals surface area contributed by atoms with Gasteiger partial charge in [-0.05, 0) is 23.5 Å². The quantitative estimate of drug-likeness (QED) is 0.530. The maximum atomic E-state index is 11.7. The number of hydrogen-bond acceptors (Lipinski definition) is 6. The first kappa shape index (κ1) is 25.0. The second-order valence-electron chi connectivity index (χ2n) is 4.94. The molecule has 1 aromatic rings. The van der Waals surface area contributed by atoms with Gasteiger partial charge in [0.25, 0.3) is 0 Å². The van der Waals surface area contributed by atoms with Gasteiger partial charge in [0.2, 0.25) is 0 Å². The molecule has 0 amide bonds. The Labute approximate surface area is 152 Å². The lowest BCUT2D eigenvalue weighted by atomic mass is 9.84. The van der Waals surface area contributed by atoms with Crippen molar-refractivity contribution in [2.45, 2.75) is 26.2 Å². The molecule has 1 rings (SSSR count). The predicted molar refractivity (Wildman–Crippen MR) is 95.1 cm³/mol. The zero-order chi connectivity index (χ0) is 20.2. The van der Waals surface area contributed by atoms with Gasteiger partial charge in [0.1, 0.15) is 17.1 Å². The molecule has 0 aliphatic rings. The number of phenols is 2. The van der Waals surface area contributed by atoms with E-state index in [-0.39, 0.29) is 35.3 Å². The van der Waals surface area contributed by atoms with Crippen LogP contribution < -0.4 is 0 Å². The Morgan fingerprint density at radius 3 is 2.08 bits per heavy atom. The lowest BCUT2D eigenvalue weighted by molar-refractivity contribution is -0.138. The molecule has 142 valence electrons. The Balaban J connectivity index is 0. The number of benzene rings is 1. The van der Waals surface area contributed by atoms with Gasteiger partial charge in [-0.3, -0.25) is 9.08 Å². The minimum Gasteiger partial charge on any atom is -0.508 e. The van der Waals surface area contributed by atoms with Crippen LogP contribution >= 0.6 is 11.9 Å². The first-order chi connectivity index (χ1) is 11.7. The maximum Gasteiger partial charge on any atom is 0.341 e. The second kappa shape index (κ2) is 13.1. The summed E-state index contributed by atoms with van der Waals surface area (Å²) in [5.41, 5.74) is 0.318. The number of hydrogen-bond donors (Lipinski definition) is 3. The standard InChI is InChI=1S/C14H18O6.C2H4.CH3ClO/c1-7(4-12(17)18)8(2)10-5-9(15)6-11(16)13(10)14(19)20-3;1-2;1-3-2/h5-8,15-16H,4H2,1-3H3,(H,17,18);1-2H2;1H3. The number of halogens is 1.